The van der Waals surface area contributed by atoms with E-state index in [1.165, 1.54) is 7.11 Å². The molecule has 0 aromatic rings. The van der Waals surface area contributed by atoms with Crippen molar-refractivity contribution in [1.29, 1.82) is 0 Å². The maximum absolute atomic E-state index is 12.1. The van der Waals surface area contributed by atoms with Gasteiger partial charge in [-0.3, -0.25) is 4.79 Å². The molecule has 1 atom stereocenters. The third-order valence-corrected chi connectivity index (χ3v) is 4.24. The summed E-state index contributed by atoms with van der Waals surface area (Å²) in [7, 11) is 1.33. The Morgan fingerprint density at radius 1 is 1.16 bits per heavy atom. The molecule has 0 heterocycles. The highest BCUT2D eigenvalue weighted by molar-refractivity contribution is 5.85. The Morgan fingerprint density at radius 2 is 1.68 bits per heavy atom. The maximum Gasteiger partial charge on any atom is 0.328 e. The second-order valence-corrected chi connectivity index (χ2v) is 6.67. The standard InChI is InChI=1S/C15H27NO3/c1-10(14(18)19-5)16-13(17)11-6-8-12(9-7-11)15(2,3)4/h10-12H,6-9H2,1-5H3,(H,16,17). The van der Waals surface area contributed by atoms with E-state index < -0.39 is 12.0 Å². The van der Waals surface area contributed by atoms with E-state index in [0.29, 0.717) is 11.3 Å². The van der Waals surface area contributed by atoms with Crippen molar-refractivity contribution in [2.75, 3.05) is 7.11 Å². The van der Waals surface area contributed by atoms with Gasteiger partial charge in [-0.1, -0.05) is 20.8 Å². The molecule has 1 unspecified atom stereocenters. The highest BCUT2D eigenvalue weighted by Gasteiger charge is 2.33. The van der Waals surface area contributed by atoms with Crippen molar-refractivity contribution in [2.45, 2.75) is 59.4 Å². The zero-order valence-corrected chi connectivity index (χ0v) is 12.8. The van der Waals surface area contributed by atoms with E-state index in [9.17, 15) is 9.59 Å². The Morgan fingerprint density at radius 3 is 2.11 bits per heavy atom. The highest BCUT2D eigenvalue weighted by Crippen LogP contribution is 2.39. The minimum absolute atomic E-state index is 0.00902. The minimum atomic E-state index is -0.558. The first-order chi connectivity index (χ1) is 8.75. The minimum Gasteiger partial charge on any atom is -0.467 e. The molecule has 110 valence electrons. The topological polar surface area (TPSA) is 55.4 Å². The molecule has 1 aliphatic carbocycles. The lowest BCUT2D eigenvalue weighted by atomic mass is 9.69. The van der Waals surface area contributed by atoms with Crippen LogP contribution in [0, 0.1) is 17.3 Å². The van der Waals surface area contributed by atoms with E-state index in [0.717, 1.165) is 25.7 Å². The number of hydrogen-bond donors (Lipinski definition) is 1. The fourth-order valence-electron chi connectivity index (χ4n) is 2.79. The zero-order chi connectivity index (χ0) is 14.6. The van der Waals surface area contributed by atoms with Crippen LogP contribution in [0.3, 0.4) is 0 Å². The highest BCUT2D eigenvalue weighted by atomic mass is 16.5. The molecule has 1 aliphatic rings. The quantitative estimate of drug-likeness (QED) is 0.801. The molecule has 4 heteroatoms. The molecular weight excluding hydrogens is 242 g/mol. The third-order valence-electron chi connectivity index (χ3n) is 4.24. The van der Waals surface area contributed by atoms with Gasteiger partial charge in [0.1, 0.15) is 6.04 Å². The average Bonchev–Trinajstić information content (AvgIpc) is 2.36. The van der Waals surface area contributed by atoms with Crippen LogP contribution in [0.15, 0.2) is 0 Å². The summed E-state index contributed by atoms with van der Waals surface area (Å²) in [6.45, 7) is 8.44. The van der Waals surface area contributed by atoms with Gasteiger partial charge in [0, 0.05) is 5.92 Å². The monoisotopic (exact) mass is 269 g/mol. The molecule has 0 bridgehead atoms. The van der Waals surface area contributed by atoms with E-state index in [-0.39, 0.29) is 11.8 Å². The Balaban J connectivity index is 2.43. The summed E-state index contributed by atoms with van der Waals surface area (Å²) in [6, 6.07) is -0.558. The molecule has 1 N–H and O–H groups in total. The second-order valence-electron chi connectivity index (χ2n) is 6.67. The van der Waals surface area contributed by atoms with Gasteiger partial charge in [0.25, 0.3) is 0 Å². The predicted octanol–water partition coefficient (Wildman–Crippen LogP) is 2.52. The fraction of sp³-hybridized carbons (Fsp3) is 0.867. The van der Waals surface area contributed by atoms with Gasteiger partial charge < -0.3 is 10.1 Å². The number of nitrogens with one attached hydrogen (secondary N) is 1. The van der Waals surface area contributed by atoms with Crippen molar-refractivity contribution in [2.24, 2.45) is 17.3 Å². The van der Waals surface area contributed by atoms with Crippen molar-refractivity contribution in [1.82, 2.24) is 5.32 Å². The van der Waals surface area contributed by atoms with Gasteiger partial charge in [0.15, 0.2) is 0 Å². The molecule has 0 radical (unpaired) electrons. The summed E-state index contributed by atoms with van der Waals surface area (Å²) in [5, 5.41) is 2.74. The van der Waals surface area contributed by atoms with Crippen molar-refractivity contribution in [3.05, 3.63) is 0 Å². The van der Waals surface area contributed by atoms with Crippen molar-refractivity contribution >= 4 is 11.9 Å². The first-order valence-electron chi connectivity index (χ1n) is 7.14. The first-order valence-corrected chi connectivity index (χ1v) is 7.14. The molecular formula is C15H27NO3. The summed E-state index contributed by atoms with van der Waals surface area (Å²) in [5.74, 6) is 0.335. The van der Waals surface area contributed by atoms with Crippen LogP contribution >= 0.6 is 0 Å². The number of esters is 1. The summed E-state index contributed by atoms with van der Waals surface area (Å²) in [4.78, 5) is 23.3. The number of ether oxygens (including phenoxy) is 1. The lowest BCUT2D eigenvalue weighted by molar-refractivity contribution is -0.145. The molecule has 1 saturated carbocycles. The van der Waals surface area contributed by atoms with Gasteiger partial charge in [0.05, 0.1) is 7.11 Å². The summed E-state index contributed by atoms with van der Waals surface area (Å²) in [5.41, 5.74) is 0.320. The van der Waals surface area contributed by atoms with Crippen LogP contribution in [-0.2, 0) is 14.3 Å². The lowest BCUT2D eigenvalue weighted by Gasteiger charge is -2.36. The van der Waals surface area contributed by atoms with Crippen LogP contribution in [0.25, 0.3) is 0 Å². The molecule has 0 aromatic heterocycles. The van der Waals surface area contributed by atoms with E-state index in [1.807, 2.05) is 0 Å². The Labute approximate surface area is 116 Å². The van der Waals surface area contributed by atoms with Gasteiger partial charge in [-0.2, -0.15) is 0 Å². The number of hydrogen-bond acceptors (Lipinski definition) is 3. The first kappa shape index (κ1) is 16.0. The molecule has 0 aromatic carbocycles. The molecule has 19 heavy (non-hydrogen) atoms. The normalized spacial score (nSPS) is 25.5. The molecule has 1 rings (SSSR count). The third kappa shape index (κ3) is 4.51. The van der Waals surface area contributed by atoms with Crippen LogP contribution in [0.2, 0.25) is 0 Å². The summed E-state index contributed by atoms with van der Waals surface area (Å²) >= 11 is 0. The Kier molecular flexibility index (Phi) is 5.39. The molecule has 0 saturated heterocycles. The van der Waals surface area contributed by atoms with Gasteiger partial charge in [-0.05, 0) is 43.9 Å². The predicted molar refractivity (Wildman–Crippen MR) is 74.5 cm³/mol. The molecule has 4 nitrogen and oxygen atoms in total. The van der Waals surface area contributed by atoms with E-state index in [4.69, 9.17) is 0 Å². The van der Waals surface area contributed by atoms with Crippen LogP contribution in [0.4, 0.5) is 0 Å². The number of rotatable bonds is 3. The van der Waals surface area contributed by atoms with Gasteiger partial charge in [-0.15, -0.1) is 0 Å². The fourth-order valence-corrected chi connectivity index (χ4v) is 2.79. The van der Waals surface area contributed by atoms with E-state index in [1.54, 1.807) is 6.92 Å². The van der Waals surface area contributed by atoms with E-state index >= 15 is 0 Å². The number of amides is 1. The summed E-state index contributed by atoms with van der Waals surface area (Å²) < 4.78 is 4.61. The van der Waals surface area contributed by atoms with E-state index in [2.05, 4.69) is 30.8 Å². The van der Waals surface area contributed by atoms with Crippen LogP contribution in [0.5, 0.6) is 0 Å². The second kappa shape index (κ2) is 6.40. The smallest absolute Gasteiger partial charge is 0.328 e. The Hall–Kier alpha value is -1.06. The molecule has 1 fully saturated rings. The Bertz CT molecular complexity index is 325. The van der Waals surface area contributed by atoms with Gasteiger partial charge >= 0.3 is 5.97 Å². The molecule has 0 spiro atoms. The number of carbonyl (C=O) groups is 2. The maximum atomic E-state index is 12.1. The van der Waals surface area contributed by atoms with Crippen LogP contribution in [-0.4, -0.2) is 25.0 Å². The van der Waals surface area contributed by atoms with Crippen molar-refractivity contribution in [3.8, 4) is 0 Å². The van der Waals surface area contributed by atoms with Crippen LogP contribution in [0.1, 0.15) is 53.4 Å². The van der Waals surface area contributed by atoms with Crippen LogP contribution < -0.4 is 5.32 Å². The number of carbonyl (C=O) groups excluding carboxylic acids is 2. The molecule has 1 amide bonds. The zero-order valence-electron chi connectivity index (χ0n) is 12.8. The van der Waals surface area contributed by atoms with Crippen molar-refractivity contribution < 1.29 is 14.3 Å². The summed E-state index contributed by atoms with van der Waals surface area (Å²) in [6.07, 6.45) is 4.02. The average molecular weight is 269 g/mol. The van der Waals surface area contributed by atoms with Gasteiger partial charge in [0.2, 0.25) is 5.91 Å². The van der Waals surface area contributed by atoms with Crippen molar-refractivity contribution in [3.63, 3.8) is 0 Å². The van der Waals surface area contributed by atoms with Gasteiger partial charge in [-0.25, -0.2) is 4.79 Å². The lowest BCUT2D eigenvalue weighted by Crippen LogP contribution is -2.43. The largest absolute Gasteiger partial charge is 0.467 e. The number of methoxy groups -OCH3 is 1. The SMILES string of the molecule is COC(=O)C(C)NC(=O)C1CCC(C(C)(C)C)CC1. The molecule has 0 aliphatic heterocycles.